The van der Waals surface area contributed by atoms with Crippen LogP contribution < -0.4 is 40.0 Å². The van der Waals surface area contributed by atoms with Crippen LogP contribution in [0.5, 0.6) is 0 Å². The minimum atomic E-state index is -2.35. The SMILES string of the molecule is COC1OC(CSC2(C(=O)[O-])CC(O)C(NC(C)=O)C([C@H](O)[C@H](O)CO)O2)C(O)C(O)C1O.[Na+]. The number of carbonyl (C=O) groups excluding carboxylic acids is 2. The van der Waals surface area contributed by atoms with E-state index in [1.54, 1.807) is 0 Å². The molecule has 34 heavy (non-hydrogen) atoms. The third kappa shape index (κ3) is 7.01. The molecule has 0 bridgehead atoms. The molecular weight excluding hydrogens is 493 g/mol. The van der Waals surface area contributed by atoms with E-state index in [-0.39, 0.29) is 35.3 Å². The number of thioether (sulfide) groups is 1. The molecule has 2 fully saturated rings. The monoisotopic (exact) mass is 523 g/mol. The Morgan fingerprint density at radius 3 is 2.32 bits per heavy atom. The van der Waals surface area contributed by atoms with Gasteiger partial charge in [0.05, 0.1) is 30.8 Å². The van der Waals surface area contributed by atoms with Gasteiger partial charge in [0.25, 0.3) is 0 Å². The summed E-state index contributed by atoms with van der Waals surface area (Å²) in [5.74, 6) is -2.82. The number of rotatable bonds is 9. The number of hydrogen-bond acceptors (Lipinski definition) is 14. The largest absolute Gasteiger partial charge is 1.00 e. The number of nitrogens with one attached hydrogen (secondary N) is 1. The number of ether oxygens (including phenoxy) is 3. The summed E-state index contributed by atoms with van der Waals surface area (Å²) in [6.45, 7) is 0.192. The Morgan fingerprint density at radius 1 is 1.21 bits per heavy atom. The van der Waals surface area contributed by atoms with Crippen LogP contribution in [0.3, 0.4) is 0 Å². The fourth-order valence-electron chi connectivity index (χ4n) is 3.73. The van der Waals surface area contributed by atoms with E-state index in [0.717, 1.165) is 6.92 Å². The van der Waals surface area contributed by atoms with Gasteiger partial charge < -0.3 is 65.2 Å². The van der Waals surface area contributed by atoms with Crippen molar-refractivity contribution in [1.82, 2.24) is 5.32 Å². The first kappa shape index (κ1) is 31.9. The Bertz CT molecular complexity index is 690. The van der Waals surface area contributed by atoms with Gasteiger partial charge in [-0.1, -0.05) is 0 Å². The van der Waals surface area contributed by atoms with Crippen molar-refractivity contribution < 1.29 is 94.2 Å². The second-order valence-corrected chi connectivity index (χ2v) is 9.20. The molecule has 2 aliphatic heterocycles. The van der Waals surface area contributed by atoms with Gasteiger partial charge in [0, 0.05) is 26.2 Å². The van der Waals surface area contributed by atoms with E-state index in [1.807, 2.05) is 0 Å². The average molecular weight is 523 g/mol. The fourth-order valence-corrected chi connectivity index (χ4v) is 5.03. The van der Waals surface area contributed by atoms with Crippen molar-refractivity contribution in [2.75, 3.05) is 19.5 Å². The molecule has 2 aliphatic rings. The molecule has 2 heterocycles. The number of methoxy groups -OCH3 is 1. The van der Waals surface area contributed by atoms with E-state index in [0.29, 0.717) is 11.8 Å². The van der Waals surface area contributed by atoms with Gasteiger partial charge in [0.1, 0.15) is 36.6 Å². The summed E-state index contributed by atoms with van der Waals surface area (Å²) in [6, 6.07) is -1.34. The van der Waals surface area contributed by atoms with E-state index in [2.05, 4.69) is 5.32 Å². The zero-order valence-electron chi connectivity index (χ0n) is 18.9. The zero-order valence-corrected chi connectivity index (χ0v) is 21.7. The van der Waals surface area contributed by atoms with Crippen LogP contribution >= 0.6 is 11.8 Å². The van der Waals surface area contributed by atoms with Crippen molar-refractivity contribution in [3.8, 4) is 0 Å². The topological polar surface area (TPSA) is 239 Å². The normalized spacial score (nSPS) is 40.0. The van der Waals surface area contributed by atoms with Crippen LogP contribution in [-0.4, -0.2) is 133 Å². The fraction of sp³-hybridized carbons (Fsp3) is 0.889. The second-order valence-electron chi connectivity index (χ2n) is 7.92. The third-order valence-corrected chi connectivity index (χ3v) is 6.94. The summed E-state index contributed by atoms with van der Waals surface area (Å²) in [4.78, 5) is 21.3. The molecule has 0 radical (unpaired) electrons. The van der Waals surface area contributed by atoms with Gasteiger partial charge in [0.2, 0.25) is 5.91 Å². The van der Waals surface area contributed by atoms with E-state index in [4.69, 9.17) is 19.3 Å². The molecule has 0 aromatic heterocycles. The van der Waals surface area contributed by atoms with Crippen molar-refractivity contribution in [1.29, 1.82) is 0 Å². The van der Waals surface area contributed by atoms with E-state index >= 15 is 0 Å². The molecule has 0 aliphatic carbocycles. The summed E-state index contributed by atoms with van der Waals surface area (Å²) >= 11 is 0.499. The van der Waals surface area contributed by atoms with Crippen LogP contribution in [0.2, 0.25) is 0 Å². The van der Waals surface area contributed by atoms with Crippen LogP contribution in [0.15, 0.2) is 0 Å². The molecule has 2 rings (SSSR count). The summed E-state index contributed by atoms with van der Waals surface area (Å²) in [7, 11) is 1.19. The quantitative estimate of drug-likeness (QED) is 0.131. The summed E-state index contributed by atoms with van der Waals surface area (Å²) < 4.78 is 15.8. The molecule has 11 atom stereocenters. The predicted octanol–water partition coefficient (Wildman–Crippen LogP) is -9.01. The second kappa shape index (κ2) is 13.4. The van der Waals surface area contributed by atoms with Gasteiger partial charge in [-0.15, -0.1) is 11.8 Å². The minimum Gasteiger partial charge on any atom is -0.546 e. The number of amides is 1. The molecule has 0 spiro atoms. The zero-order chi connectivity index (χ0) is 25.1. The predicted molar refractivity (Wildman–Crippen MR) is 106 cm³/mol. The molecule has 0 aromatic rings. The summed E-state index contributed by atoms with van der Waals surface area (Å²) in [5.41, 5.74) is 0. The maximum atomic E-state index is 12.1. The van der Waals surface area contributed by atoms with Crippen molar-refractivity contribution in [3.05, 3.63) is 0 Å². The van der Waals surface area contributed by atoms with Crippen LogP contribution in [0.25, 0.3) is 0 Å². The van der Waals surface area contributed by atoms with Gasteiger partial charge >= 0.3 is 29.6 Å². The van der Waals surface area contributed by atoms with Gasteiger partial charge in [-0.2, -0.15) is 0 Å². The van der Waals surface area contributed by atoms with Crippen LogP contribution in [0.4, 0.5) is 0 Å². The van der Waals surface area contributed by atoms with Gasteiger partial charge in [-0.25, -0.2) is 0 Å². The molecule has 16 heteroatoms. The summed E-state index contributed by atoms with van der Waals surface area (Å²) in [5, 5.41) is 84.4. The van der Waals surface area contributed by atoms with Crippen LogP contribution in [0, 0.1) is 0 Å². The third-order valence-electron chi connectivity index (χ3n) is 5.55. The maximum absolute atomic E-state index is 12.1. The molecule has 0 aromatic carbocycles. The summed E-state index contributed by atoms with van der Waals surface area (Å²) in [6.07, 6.45) is -15.0. The Balaban J connectivity index is 0.00000578. The van der Waals surface area contributed by atoms with Crippen molar-refractivity contribution in [2.24, 2.45) is 0 Å². The number of hydrogen-bond donors (Lipinski definition) is 8. The average Bonchev–Trinajstić information content (AvgIpc) is 2.77. The Kier molecular flexibility index (Phi) is 12.6. The molecule has 1 amide bonds. The van der Waals surface area contributed by atoms with Crippen LogP contribution in [-0.2, 0) is 23.8 Å². The van der Waals surface area contributed by atoms with Crippen molar-refractivity contribution >= 4 is 23.6 Å². The van der Waals surface area contributed by atoms with E-state index in [9.17, 15) is 45.3 Å². The standard InChI is InChI=1S/C18H31NO13S.Na/c1-6(21)19-10-7(22)3-18(17(28)29,32-15(10)11(24)8(23)4-20)33-5-9-12(25)13(26)14(27)16(30-2)31-9;/h7-16,20,22-27H,3-5H2,1-2H3,(H,19,21)(H,28,29);/q;+1/p-1/t7?,8-,9?,10?,11-,12?,13?,14?,15?,16?,18?;/m1./s1. The maximum Gasteiger partial charge on any atom is 1.00 e. The molecule has 0 saturated carbocycles. The van der Waals surface area contributed by atoms with E-state index in [1.165, 1.54) is 7.11 Å². The number of aliphatic carboxylic acids is 1. The number of carboxylic acids is 1. The number of aliphatic hydroxyl groups excluding tert-OH is 7. The first-order valence-electron chi connectivity index (χ1n) is 10.1. The van der Waals surface area contributed by atoms with Crippen LogP contribution in [0.1, 0.15) is 13.3 Å². The van der Waals surface area contributed by atoms with Gasteiger partial charge in [-0.3, -0.25) is 4.79 Å². The minimum absolute atomic E-state index is 0. The molecule has 14 nitrogen and oxygen atoms in total. The number of carbonyl (C=O) groups is 2. The molecular formula is C18H30NNaO13S. The van der Waals surface area contributed by atoms with Gasteiger partial charge in [0.15, 0.2) is 11.2 Å². The Labute approximate surface area is 221 Å². The Hall–Kier alpha value is -0.110. The molecule has 8 N–H and O–H groups in total. The van der Waals surface area contributed by atoms with Crippen molar-refractivity contribution in [3.63, 3.8) is 0 Å². The molecule has 9 unspecified atom stereocenters. The van der Waals surface area contributed by atoms with E-state index < -0.39 is 91.0 Å². The first-order valence-corrected chi connectivity index (χ1v) is 11.0. The van der Waals surface area contributed by atoms with Gasteiger partial charge in [-0.05, 0) is 0 Å². The molecule has 192 valence electrons. The number of carboxylic acid groups (broad SMARTS) is 1. The number of aliphatic hydroxyl groups is 7. The molecule has 2 saturated heterocycles. The Morgan fingerprint density at radius 2 is 1.82 bits per heavy atom. The smallest absolute Gasteiger partial charge is 0.546 e. The van der Waals surface area contributed by atoms with Crippen molar-refractivity contribution in [2.45, 2.75) is 79.4 Å². The first-order chi connectivity index (χ1) is 15.4.